The van der Waals surface area contributed by atoms with Crippen LogP contribution in [0.2, 0.25) is 0 Å². The maximum absolute atomic E-state index is 11.6. The van der Waals surface area contributed by atoms with Gasteiger partial charge in [-0.15, -0.1) is 0 Å². The molecule has 0 amide bonds. The van der Waals surface area contributed by atoms with Crippen LogP contribution < -0.4 is 0 Å². The molecule has 0 saturated heterocycles. The normalized spacial score (nSPS) is 23.0. The first kappa shape index (κ1) is 23.8. The fourth-order valence-electron chi connectivity index (χ4n) is 4.57. The SMILES string of the molecule is O=[N+]([O-])C(CC1CCCCCCC1)SSC(CC1CCCCCCC1)[N+](=O)[O-]. The Kier molecular flexibility index (Phi) is 11.6. The molecule has 0 aromatic carbocycles. The minimum absolute atomic E-state index is 0.219. The Hall–Kier alpha value is -0.500. The Labute approximate surface area is 177 Å². The van der Waals surface area contributed by atoms with Gasteiger partial charge in [-0.3, -0.25) is 20.2 Å². The van der Waals surface area contributed by atoms with Crippen molar-refractivity contribution in [3.63, 3.8) is 0 Å². The van der Waals surface area contributed by atoms with E-state index < -0.39 is 10.7 Å². The van der Waals surface area contributed by atoms with Gasteiger partial charge in [0.1, 0.15) is 0 Å². The summed E-state index contributed by atoms with van der Waals surface area (Å²) < 4.78 is 0. The molecule has 2 aliphatic carbocycles. The molecule has 28 heavy (non-hydrogen) atoms. The van der Waals surface area contributed by atoms with Gasteiger partial charge in [0.15, 0.2) is 0 Å². The van der Waals surface area contributed by atoms with Crippen molar-refractivity contribution >= 4 is 21.6 Å². The quantitative estimate of drug-likeness (QED) is 0.167. The third-order valence-electron chi connectivity index (χ3n) is 6.27. The molecular formula is C20H36N2O4S2. The zero-order valence-electron chi connectivity index (χ0n) is 17.0. The summed E-state index contributed by atoms with van der Waals surface area (Å²) in [6, 6.07) is 0. The Balaban J connectivity index is 1.85. The van der Waals surface area contributed by atoms with E-state index in [9.17, 15) is 20.2 Å². The Morgan fingerprint density at radius 2 is 0.893 bits per heavy atom. The minimum Gasteiger partial charge on any atom is -0.263 e. The van der Waals surface area contributed by atoms with Crippen molar-refractivity contribution in [3.05, 3.63) is 20.2 Å². The molecular weight excluding hydrogens is 396 g/mol. The van der Waals surface area contributed by atoms with Gasteiger partial charge in [0.25, 0.3) is 10.7 Å². The Morgan fingerprint density at radius 1 is 0.607 bits per heavy atom. The molecule has 0 radical (unpaired) electrons. The second-order valence-corrected chi connectivity index (χ2v) is 11.2. The van der Waals surface area contributed by atoms with Gasteiger partial charge in [-0.05, 0) is 33.4 Å². The molecule has 2 aliphatic rings. The van der Waals surface area contributed by atoms with Crippen molar-refractivity contribution in [3.8, 4) is 0 Å². The summed E-state index contributed by atoms with van der Waals surface area (Å²) in [6.45, 7) is 0. The first-order valence-corrected chi connectivity index (χ1v) is 13.4. The summed E-state index contributed by atoms with van der Waals surface area (Å²) in [7, 11) is 2.29. The number of hydrogen-bond donors (Lipinski definition) is 0. The van der Waals surface area contributed by atoms with Gasteiger partial charge in [0, 0.05) is 22.7 Å². The van der Waals surface area contributed by atoms with E-state index in [0.717, 1.165) is 73.0 Å². The smallest absolute Gasteiger partial charge is 0.263 e. The monoisotopic (exact) mass is 432 g/mol. The van der Waals surface area contributed by atoms with Crippen molar-refractivity contribution in [1.82, 2.24) is 0 Å². The molecule has 2 atom stereocenters. The molecule has 6 nitrogen and oxygen atoms in total. The van der Waals surface area contributed by atoms with Crippen LogP contribution in [0.3, 0.4) is 0 Å². The average Bonchev–Trinajstić information content (AvgIpc) is 2.59. The lowest BCUT2D eigenvalue weighted by molar-refractivity contribution is -0.498. The van der Waals surface area contributed by atoms with Crippen LogP contribution in [-0.2, 0) is 0 Å². The van der Waals surface area contributed by atoms with Crippen LogP contribution in [0.15, 0.2) is 0 Å². The predicted molar refractivity (Wildman–Crippen MR) is 118 cm³/mol. The molecule has 2 rings (SSSR count). The topological polar surface area (TPSA) is 86.3 Å². The van der Waals surface area contributed by atoms with Gasteiger partial charge >= 0.3 is 0 Å². The largest absolute Gasteiger partial charge is 0.268 e. The first-order valence-electron chi connectivity index (χ1n) is 11.2. The van der Waals surface area contributed by atoms with E-state index in [1.807, 2.05) is 0 Å². The number of nitro groups is 2. The summed E-state index contributed by atoms with van der Waals surface area (Å²) in [5.41, 5.74) is 0. The molecule has 0 N–H and O–H groups in total. The van der Waals surface area contributed by atoms with Gasteiger partial charge in [-0.1, -0.05) is 89.9 Å². The van der Waals surface area contributed by atoms with Crippen LogP contribution in [0.4, 0.5) is 0 Å². The molecule has 0 aliphatic heterocycles. The molecule has 8 heteroatoms. The van der Waals surface area contributed by atoms with Gasteiger partial charge in [-0.25, -0.2) is 0 Å². The lowest BCUT2D eigenvalue weighted by Crippen LogP contribution is -2.23. The minimum atomic E-state index is -0.728. The summed E-state index contributed by atoms with van der Waals surface area (Å²) >= 11 is 0. The lowest BCUT2D eigenvalue weighted by Gasteiger charge is -2.22. The van der Waals surface area contributed by atoms with E-state index in [-0.39, 0.29) is 9.85 Å². The van der Waals surface area contributed by atoms with Crippen LogP contribution >= 0.6 is 21.6 Å². The van der Waals surface area contributed by atoms with Crippen molar-refractivity contribution in [2.45, 2.75) is 113 Å². The molecule has 2 fully saturated rings. The summed E-state index contributed by atoms with van der Waals surface area (Å²) in [5.74, 6) is 0.784. The highest BCUT2D eigenvalue weighted by Crippen LogP contribution is 2.40. The van der Waals surface area contributed by atoms with Crippen molar-refractivity contribution < 1.29 is 9.85 Å². The van der Waals surface area contributed by atoms with E-state index >= 15 is 0 Å². The maximum atomic E-state index is 11.6. The van der Waals surface area contributed by atoms with Crippen LogP contribution in [0.1, 0.15) is 103 Å². The molecule has 2 saturated carbocycles. The van der Waals surface area contributed by atoms with Gasteiger partial charge in [0.05, 0.1) is 0 Å². The van der Waals surface area contributed by atoms with Gasteiger partial charge in [-0.2, -0.15) is 0 Å². The summed E-state index contributed by atoms with van der Waals surface area (Å²) in [4.78, 5) is 22.7. The third-order valence-corrected chi connectivity index (χ3v) is 9.22. The second-order valence-electron chi connectivity index (χ2n) is 8.57. The van der Waals surface area contributed by atoms with Crippen molar-refractivity contribution in [2.24, 2.45) is 11.8 Å². The van der Waals surface area contributed by atoms with Crippen LogP contribution in [0.5, 0.6) is 0 Å². The first-order chi connectivity index (χ1) is 13.6. The van der Waals surface area contributed by atoms with E-state index in [1.54, 1.807) is 0 Å². The van der Waals surface area contributed by atoms with E-state index in [1.165, 1.54) is 38.5 Å². The van der Waals surface area contributed by atoms with Gasteiger partial charge < -0.3 is 0 Å². The highest BCUT2D eigenvalue weighted by atomic mass is 33.1. The van der Waals surface area contributed by atoms with Crippen LogP contribution in [0, 0.1) is 32.1 Å². The van der Waals surface area contributed by atoms with Crippen molar-refractivity contribution in [1.29, 1.82) is 0 Å². The molecule has 0 aromatic rings. The average molecular weight is 433 g/mol. The lowest BCUT2D eigenvalue weighted by atomic mass is 9.89. The maximum Gasteiger partial charge on any atom is 0.268 e. The molecule has 0 heterocycles. The van der Waals surface area contributed by atoms with Crippen LogP contribution in [0.25, 0.3) is 0 Å². The number of nitrogens with zero attached hydrogens (tertiary/aromatic N) is 2. The van der Waals surface area contributed by atoms with E-state index in [0.29, 0.717) is 24.7 Å². The predicted octanol–water partition coefficient (Wildman–Crippen LogP) is 7.07. The fourth-order valence-corrected chi connectivity index (χ4v) is 7.33. The Bertz CT molecular complexity index is 423. The van der Waals surface area contributed by atoms with E-state index in [4.69, 9.17) is 0 Å². The Morgan fingerprint density at radius 3 is 1.18 bits per heavy atom. The number of hydrogen-bond acceptors (Lipinski definition) is 6. The highest BCUT2D eigenvalue weighted by molar-refractivity contribution is 8.77. The zero-order chi connectivity index (χ0) is 20.2. The number of rotatable bonds is 9. The zero-order valence-corrected chi connectivity index (χ0v) is 18.6. The molecule has 0 aromatic heterocycles. The summed E-state index contributed by atoms with van der Waals surface area (Å²) in [6.07, 6.45) is 17.5. The summed E-state index contributed by atoms with van der Waals surface area (Å²) in [5, 5.41) is 21.7. The molecule has 0 spiro atoms. The standard InChI is InChI=1S/C20H36N2O4S2/c23-21(24)19(15-17-11-7-3-1-4-8-12-17)27-28-20(22(25)26)16-18-13-9-5-2-6-10-14-18/h17-20H,1-16H2. The third kappa shape index (κ3) is 9.33. The molecule has 0 bridgehead atoms. The van der Waals surface area contributed by atoms with Crippen LogP contribution in [-0.4, -0.2) is 20.6 Å². The fraction of sp³-hybridized carbons (Fsp3) is 1.00. The van der Waals surface area contributed by atoms with E-state index in [2.05, 4.69) is 0 Å². The highest BCUT2D eigenvalue weighted by Gasteiger charge is 2.32. The molecule has 2 unspecified atom stereocenters. The van der Waals surface area contributed by atoms with Gasteiger partial charge in [0.2, 0.25) is 0 Å². The second kappa shape index (κ2) is 13.7. The van der Waals surface area contributed by atoms with Crippen molar-refractivity contribution in [2.75, 3.05) is 0 Å². The molecule has 162 valence electrons.